The number of nitrogens with one attached hydrogen (secondary N) is 1. The third-order valence-electron chi connectivity index (χ3n) is 3.65. The number of ether oxygens (including phenoxy) is 1. The number of hydrogen-bond donors (Lipinski definition) is 1. The zero-order valence-corrected chi connectivity index (χ0v) is 14.2. The second-order valence-corrected chi connectivity index (χ2v) is 6.33. The van der Waals surface area contributed by atoms with Crippen LogP contribution in [0.25, 0.3) is 0 Å². The van der Waals surface area contributed by atoms with Gasteiger partial charge in [0.15, 0.2) is 0 Å². The van der Waals surface area contributed by atoms with Gasteiger partial charge in [-0.05, 0) is 11.6 Å². The van der Waals surface area contributed by atoms with Crippen LogP contribution in [0.3, 0.4) is 0 Å². The molecule has 2 aromatic heterocycles. The van der Waals surface area contributed by atoms with Crippen molar-refractivity contribution in [3.05, 3.63) is 46.2 Å². The Bertz CT molecular complexity index is 566. The molecular weight excluding hydrogens is 320 g/mol. The molecule has 0 radical (unpaired) electrons. The third-order valence-corrected chi connectivity index (χ3v) is 4.61. The van der Waals surface area contributed by atoms with Gasteiger partial charge in [-0.3, -0.25) is 9.88 Å². The van der Waals surface area contributed by atoms with Crippen LogP contribution in [0.1, 0.15) is 21.5 Å². The van der Waals surface area contributed by atoms with E-state index in [-0.39, 0.29) is 12.4 Å². The SMILES string of the molecule is COCc1cnc(CN2CCNCC2c2cccnc2)s1.Cl. The van der Waals surface area contributed by atoms with Crippen molar-refractivity contribution >= 4 is 23.7 Å². The Morgan fingerprint density at radius 2 is 2.36 bits per heavy atom. The van der Waals surface area contributed by atoms with Crippen LogP contribution in [-0.4, -0.2) is 41.6 Å². The Kier molecular flexibility index (Phi) is 6.72. The van der Waals surface area contributed by atoms with Crippen molar-refractivity contribution < 1.29 is 4.74 Å². The van der Waals surface area contributed by atoms with E-state index in [1.165, 1.54) is 10.4 Å². The molecule has 7 heteroatoms. The molecular formula is C15H21ClN4OS. The van der Waals surface area contributed by atoms with Crippen molar-refractivity contribution in [1.29, 1.82) is 0 Å². The molecule has 1 aliphatic rings. The van der Waals surface area contributed by atoms with E-state index < -0.39 is 0 Å². The summed E-state index contributed by atoms with van der Waals surface area (Å²) in [4.78, 5) is 12.4. The molecule has 0 saturated carbocycles. The van der Waals surface area contributed by atoms with Crippen LogP contribution in [0.4, 0.5) is 0 Å². The average Bonchev–Trinajstić information content (AvgIpc) is 2.96. The van der Waals surface area contributed by atoms with Gasteiger partial charge in [-0.15, -0.1) is 23.7 Å². The predicted octanol–water partition coefficient (Wildman–Crippen LogP) is 2.25. The van der Waals surface area contributed by atoms with Gasteiger partial charge in [-0.1, -0.05) is 6.07 Å². The summed E-state index contributed by atoms with van der Waals surface area (Å²) in [6, 6.07) is 4.51. The maximum absolute atomic E-state index is 5.16. The number of halogens is 1. The highest BCUT2D eigenvalue weighted by molar-refractivity contribution is 7.11. The first-order valence-corrected chi connectivity index (χ1v) is 7.95. The normalized spacial score (nSPS) is 18.9. The van der Waals surface area contributed by atoms with Gasteiger partial charge in [0.05, 0.1) is 18.0 Å². The Morgan fingerprint density at radius 3 is 3.14 bits per heavy atom. The number of pyridine rings is 1. The van der Waals surface area contributed by atoms with Crippen LogP contribution in [0.2, 0.25) is 0 Å². The van der Waals surface area contributed by atoms with Crippen LogP contribution in [0.15, 0.2) is 30.7 Å². The lowest BCUT2D eigenvalue weighted by Gasteiger charge is -2.35. The van der Waals surface area contributed by atoms with Crippen molar-refractivity contribution in [3.63, 3.8) is 0 Å². The lowest BCUT2D eigenvalue weighted by atomic mass is 10.1. The van der Waals surface area contributed by atoms with Crippen molar-refractivity contribution in [1.82, 2.24) is 20.2 Å². The second kappa shape index (κ2) is 8.55. The largest absolute Gasteiger partial charge is 0.379 e. The summed E-state index contributed by atoms with van der Waals surface area (Å²) in [7, 11) is 1.72. The molecule has 0 aromatic carbocycles. The lowest BCUT2D eigenvalue weighted by Crippen LogP contribution is -2.45. The second-order valence-electron chi connectivity index (χ2n) is 5.13. The molecule has 1 saturated heterocycles. The minimum Gasteiger partial charge on any atom is -0.379 e. The van der Waals surface area contributed by atoms with Gasteiger partial charge in [0.25, 0.3) is 0 Å². The number of methoxy groups -OCH3 is 1. The highest BCUT2D eigenvalue weighted by Gasteiger charge is 2.24. The van der Waals surface area contributed by atoms with E-state index in [0.29, 0.717) is 12.6 Å². The quantitative estimate of drug-likeness (QED) is 0.904. The predicted molar refractivity (Wildman–Crippen MR) is 90.3 cm³/mol. The maximum atomic E-state index is 5.16. The minimum atomic E-state index is 0. The highest BCUT2D eigenvalue weighted by Crippen LogP contribution is 2.25. The van der Waals surface area contributed by atoms with Gasteiger partial charge in [0.2, 0.25) is 0 Å². The standard InChI is InChI=1S/C15H20N4OS.ClH/c1-20-11-13-8-18-15(21-13)10-19-6-5-17-9-14(19)12-3-2-4-16-7-12;/h2-4,7-8,14,17H,5-6,9-11H2,1H3;1H. The Balaban J connectivity index is 0.00000176. The zero-order valence-electron chi connectivity index (χ0n) is 12.6. The Labute approximate surface area is 141 Å². The summed E-state index contributed by atoms with van der Waals surface area (Å²) in [6.45, 7) is 4.54. The van der Waals surface area contributed by atoms with Crippen molar-refractivity contribution in [2.75, 3.05) is 26.7 Å². The lowest BCUT2D eigenvalue weighted by molar-refractivity contribution is 0.153. The summed E-state index contributed by atoms with van der Waals surface area (Å²) in [6.07, 6.45) is 5.70. The van der Waals surface area contributed by atoms with Crippen LogP contribution >= 0.6 is 23.7 Å². The molecule has 120 valence electrons. The van der Waals surface area contributed by atoms with E-state index in [9.17, 15) is 0 Å². The number of thiazole rings is 1. The molecule has 0 spiro atoms. The molecule has 3 rings (SSSR count). The molecule has 22 heavy (non-hydrogen) atoms. The van der Waals surface area contributed by atoms with Gasteiger partial charge < -0.3 is 10.1 Å². The number of nitrogens with zero attached hydrogens (tertiary/aromatic N) is 3. The van der Waals surface area contributed by atoms with Crippen molar-refractivity contribution in [3.8, 4) is 0 Å². The molecule has 1 aliphatic heterocycles. The molecule has 1 fully saturated rings. The topological polar surface area (TPSA) is 50.3 Å². The minimum absolute atomic E-state index is 0. The van der Waals surface area contributed by atoms with Crippen LogP contribution in [0, 0.1) is 0 Å². The first kappa shape index (κ1) is 17.3. The molecule has 1 N–H and O–H groups in total. The fraction of sp³-hybridized carbons (Fsp3) is 0.467. The van der Waals surface area contributed by atoms with Crippen molar-refractivity contribution in [2.24, 2.45) is 0 Å². The number of aromatic nitrogens is 2. The molecule has 0 aliphatic carbocycles. The molecule has 1 unspecified atom stereocenters. The molecule has 2 aromatic rings. The summed E-state index contributed by atoms with van der Waals surface area (Å²) in [5.74, 6) is 0. The Hall–Kier alpha value is -1.05. The monoisotopic (exact) mass is 340 g/mol. The van der Waals surface area contributed by atoms with Crippen LogP contribution < -0.4 is 5.32 Å². The fourth-order valence-electron chi connectivity index (χ4n) is 2.64. The van der Waals surface area contributed by atoms with Crippen LogP contribution in [0.5, 0.6) is 0 Å². The molecule has 0 bridgehead atoms. The van der Waals surface area contributed by atoms with Crippen LogP contribution in [-0.2, 0) is 17.9 Å². The number of piperazine rings is 1. The highest BCUT2D eigenvalue weighted by atomic mass is 35.5. The molecule has 0 amide bonds. The summed E-state index contributed by atoms with van der Waals surface area (Å²) in [5.41, 5.74) is 1.26. The van der Waals surface area contributed by atoms with E-state index in [0.717, 1.165) is 31.2 Å². The van der Waals surface area contributed by atoms with E-state index in [4.69, 9.17) is 4.74 Å². The van der Waals surface area contributed by atoms with Gasteiger partial charge in [-0.2, -0.15) is 0 Å². The first-order chi connectivity index (χ1) is 10.4. The molecule has 1 atom stereocenters. The number of rotatable bonds is 5. The first-order valence-electron chi connectivity index (χ1n) is 7.14. The van der Waals surface area contributed by atoms with E-state index in [1.807, 2.05) is 24.7 Å². The van der Waals surface area contributed by atoms with Gasteiger partial charge in [0, 0.05) is 51.4 Å². The van der Waals surface area contributed by atoms with Gasteiger partial charge in [-0.25, -0.2) is 4.98 Å². The number of hydrogen-bond acceptors (Lipinski definition) is 6. The summed E-state index contributed by atoms with van der Waals surface area (Å²) in [5, 5.41) is 4.62. The Morgan fingerprint density at radius 1 is 1.45 bits per heavy atom. The van der Waals surface area contributed by atoms with E-state index in [2.05, 4.69) is 26.3 Å². The third kappa shape index (κ3) is 4.24. The zero-order chi connectivity index (χ0) is 14.5. The van der Waals surface area contributed by atoms with Gasteiger partial charge in [0.1, 0.15) is 5.01 Å². The fourth-order valence-corrected chi connectivity index (χ4v) is 3.56. The average molecular weight is 341 g/mol. The maximum Gasteiger partial charge on any atom is 0.107 e. The van der Waals surface area contributed by atoms with Gasteiger partial charge >= 0.3 is 0 Å². The molecule has 3 heterocycles. The van der Waals surface area contributed by atoms with E-state index in [1.54, 1.807) is 18.4 Å². The summed E-state index contributed by atoms with van der Waals surface area (Å²) < 4.78 is 5.16. The summed E-state index contributed by atoms with van der Waals surface area (Å²) >= 11 is 1.73. The van der Waals surface area contributed by atoms with E-state index >= 15 is 0 Å². The van der Waals surface area contributed by atoms with Crippen molar-refractivity contribution in [2.45, 2.75) is 19.2 Å². The molecule has 5 nitrogen and oxygen atoms in total. The smallest absolute Gasteiger partial charge is 0.107 e.